The average molecular weight is 280 g/mol. The molecule has 0 aliphatic rings. The lowest BCUT2D eigenvalue weighted by atomic mass is 9.96. The van der Waals surface area contributed by atoms with Crippen molar-refractivity contribution in [1.29, 1.82) is 5.26 Å². The summed E-state index contributed by atoms with van der Waals surface area (Å²) in [5, 5.41) is 12.0. The fourth-order valence-electron chi connectivity index (χ4n) is 1.80. The zero-order chi connectivity index (χ0) is 14.4. The van der Waals surface area contributed by atoms with E-state index in [2.05, 4.69) is 5.32 Å². The van der Waals surface area contributed by atoms with Crippen LogP contribution in [0.4, 0.5) is 5.69 Å². The van der Waals surface area contributed by atoms with Crippen LogP contribution in [0.5, 0.6) is 0 Å². The molecule has 5 heteroatoms. The van der Waals surface area contributed by atoms with E-state index >= 15 is 0 Å². The van der Waals surface area contributed by atoms with Gasteiger partial charge >= 0.3 is 0 Å². The first-order valence-corrected chi connectivity index (χ1v) is 6.56. The summed E-state index contributed by atoms with van der Waals surface area (Å²) < 4.78 is 0. The van der Waals surface area contributed by atoms with E-state index in [9.17, 15) is 4.79 Å². The van der Waals surface area contributed by atoms with Crippen LogP contribution in [0.1, 0.15) is 25.8 Å². The van der Waals surface area contributed by atoms with Crippen LogP contribution >= 0.6 is 11.6 Å². The molecule has 0 bridgehead atoms. The molecular formula is C14H18ClN3O. The SMILES string of the molecule is CC(C)CC(CN)C(=O)Nc1cc(C#N)ccc1Cl. The highest BCUT2D eigenvalue weighted by Crippen LogP contribution is 2.24. The third-order valence-electron chi connectivity index (χ3n) is 2.76. The fourth-order valence-corrected chi connectivity index (χ4v) is 1.97. The van der Waals surface area contributed by atoms with Gasteiger partial charge in [0.15, 0.2) is 0 Å². The van der Waals surface area contributed by atoms with Gasteiger partial charge in [0.1, 0.15) is 0 Å². The number of nitriles is 1. The minimum Gasteiger partial charge on any atom is -0.330 e. The molecule has 0 heterocycles. The number of nitrogens with one attached hydrogen (secondary N) is 1. The number of nitrogens with two attached hydrogens (primary N) is 1. The molecule has 19 heavy (non-hydrogen) atoms. The first-order chi connectivity index (χ1) is 8.97. The minimum absolute atomic E-state index is 0.159. The van der Waals surface area contributed by atoms with E-state index in [0.717, 1.165) is 6.42 Å². The maximum absolute atomic E-state index is 12.1. The highest BCUT2D eigenvalue weighted by molar-refractivity contribution is 6.33. The van der Waals surface area contributed by atoms with Crippen molar-refractivity contribution >= 4 is 23.2 Å². The lowest BCUT2D eigenvalue weighted by Crippen LogP contribution is -2.30. The number of carbonyl (C=O) groups is 1. The van der Waals surface area contributed by atoms with Gasteiger partial charge in [0, 0.05) is 6.54 Å². The van der Waals surface area contributed by atoms with Gasteiger partial charge in [-0.05, 0) is 30.5 Å². The van der Waals surface area contributed by atoms with Crippen LogP contribution < -0.4 is 11.1 Å². The predicted octanol–water partition coefficient (Wildman–Crippen LogP) is 2.77. The highest BCUT2D eigenvalue weighted by Gasteiger charge is 2.19. The molecular weight excluding hydrogens is 262 g/mol. The molecule has 102 valence electrons. The molecule has 0 aromatic heterocycles. The van der Waals surface area contributed by atoms with Gasteiger partial charge in [-0.2, -0.15) is 5.26 Å². The van der Waals surface area contributed by atoms with Crippen LogP contribution in [0, 0.1) is 23.2 Å². The summed E-state index contributed by atoms with van der Waals surface area (Å²) in [6.07, 6.45) is 0.720. The lowest BCUT2D eigenvalue weighted by Gasteiger charge is -2.17. The van der Waals surface area contributed by atoms with Crippen molar-refractivity contribution in [2.75, 3.05) is 11.9 Å². The second kappa shape index (κ2) is 7.13. The van der Waals surface area contributed by atoms with Crippen molar-refractivity contribution in [2.24, 2.45) is 17.6 Å². The van der Waals surface area contributed by atoms with Crippen LogP contribution in [0.3, 0.4) is 0 Å². The first-order valence-electron chi connectivity index (χ1n) is 6.18. The number of nitrogens with zero attached hydrogens (tertiary/aromatic N) is 1. The van der Waals surface area contributed by atoms with Crippen LogP contribution in [0.25, 0.3) is 0 Å². The van der Waals surface area contributed by atoms with Crippen LogP contribution in [-0.2, 0) is 4.79 Å². The number of amides is 1. The van der Waals surface area contributed by atoms with Gasteiger partial charge < -0.3 is 11.1 Å². The normalized spacial score (nSPS) is 12.0. The molecule has 0 spiro atoms. The Kier molecular flexibility index (Phi) is 5.81. The summed E-state index contributed by atoms with van der Waals surface area (Å²) in [4.78, 5) is 12.1. The van der Waals surface area contributed by atoms with E-state index in [4.69, 9.17) is 22.6 Å². The molecule has 0 saturated carbocycles. The van der Waals surface area contributed by atoms with Crippen LogP contribution in [-0.4, -0.2) is 12.5 Å². The summed E-state index contributed by atoms with van der Waals surface area (Å²) in [5.74, 6) is -0.0183. The number of anilines is 1. The van der Waals surface area contributed by atoms with Crippen LogP contribution in [0.15, 0.2) is 18.2 Å². The Balaban J connectivity index is 2.83. The molecule has 0 aliphatic carbocycles. The van der Waals surface area contributed by atoms with Gasteiger partial charge in [-0.3, -0.25) is 4.79 Å². The molecule has 0 aliphatic heterocycles. The molecule has 0 saturated heterocycles. The summed E-state index contributed by atoms with van der Waals surface area (Å²) >= 11 is 6.00. The Morgan fingerprint density at radius 3 is 2.74 bits per heavy atom. The molecule has 1 rings (SSSR count). The molecule has 1 amide bonds. The van der Waals surface area contributed by atoms with E-state index in [1.807, 2.05) is 19.9 Å². The second-order valence-corrected chi connectivity index (χ2v) is 5.27. The van der Waals surface area contributed by atoms with E-state index in [-0.39, 0.29) is 11.8 Å². The van der Waals surface area contributed by atoms with Crippen molar-refractivity contribution < 1.29 is 4.79 Å². The predicted molar refractivity (Wildman–Crippen MR) is 76.8 cm³/mol. The maximum Gasteiger partial charge on any atom is 0.228 e. The van der Waals surface area contributed by atoms with Gasteiger partial charge in [0.2, 0.25) is 5.91 Å². The number of hydrogen-bond acceptors (Lipinski definition) is 3. The molecule has 1 aromatic carbocycles. The zero-order valence-corrected chi connectivity index (χ0v) is 11.9. The molecule has 1 atom stereocenters. The fraction of sp³-hybridized carbons (Fsp3) is 0.429. The van der Waals surface area contributed by atoms with E-state index < -0.39 is 0 Å². The number of carbonyl (C=O) groups excluding carboxylic acids is 1. The first kappa shape index (κ1) is 15.5. The van der Waals surface area contributed by atoms with Gasteiger partial charge in [-0.15, -0.1) is 0 Å². The summed E-state index contributed by atoms with van der Waals surface area (Å²) in [6, 6.07) is 6.76. The Morgan fingerprint density at radius 2 is 2.21 bits per heavy atom. The van der Waals surface area contributed by atoms with Gasteiger partial charge in [-0.1, -0.05) is 25.4 Å². The molecule has 3 N–H and O–H groups in total. The number of halogens is 1. The topological polar surface area (TPSA) is 78.9 Å². The minimum atomic E-state index is -0.248. The summed E-state index contributed by atoms with van der Waals surface area (Å²) in [7, 11) is 0. The number of benzene rings is 1. The average Bonchev–Trinajstić information content (AvgIpc) is 2.38. The summed E-state index contributed by atoms with van der Waals surface area (Å²) in [6.45, 7) is 4.37. The Hall–Kier alpha value is -1.57. The Bertz CT molecular complexity index is 494. The largest absolute Gasteiger partial charge is 0.330 e. The van der Waals surface area contributed by atoms with Crippen LogP contribution in [0.2, 0.25) is 5.02 Å². The highest BCUT2D eigenvalue weighted by atomic mass is 35.5. The van der Waals surface area contributed by atoms with E-state index in [1.165, 1.54) is 0 Å². The molecule has 0 radical (unpaired) electrons. The van der Waals surface area contributed by atoms with Gasteiger partial charge in [0.25, 0.3) is 0 Å². The molecule has 4 nitrogen and oxygen atoms in total. The standard InChI is InChI=1S/C14H18ClN3O/c1-9(2)5-11(8-17)14(19)18-13-6-10(7-16)3-4-12(13)15/h3-4,6,9,11H,5,8,17H2,1-2H3,(H,18,19). The van der Waals surface area contributed by atoms with Crippen molar-refractivity contribution in [3.63, 3.8) is 0 Å². The number of hydrogen-bond donors (Lipinski definition) is 2. The lowest BCUT2D eigenvalue weighted by molar-refractivity contribution is -0.120. The molecule has 0 fully saturated rings. The van der Waals surface area contributed by atoms with Crippen molar-refractivity contribution in [3.05, 3.63) is 28.8 Å². The smallest absolute Gasteiger partial charge is 0.228 e. The molecule has 1 aromatic rings. The van der Waals surface area contributed by atoms with Gasteiger partial charge in [0.05, 0.1) is 28.3 Å². The molecule has 1 unspecified atom stereocenters. The quantitative estimate of drug-likeness (QED) is 0.870. The second-order valence-electron chi connectivity index (χ2n) is 4.86. The zero-order valence-electron chi connectivity index (χ0n) is 11.1. The van der Waals surface area contributed by atoms with E-state index in [1.54, 1.807) is 18.2 Å². The third-order valence-corrected chi connectivity index (χ3v) is 3.09. The number of rotatable bonds is 5. The Morgan fingerprint density at radius 1 is 1.53 bits per heavy atom. The monoisotopic (exact) mass is 279 g/mol. The van der Waals surface area contributed by atoms with Gasteiger partial charge in [-0.25, -0.2) is 0 Å². The van der Waals surface area contributed by atoms with Crippen molar-refractivity contribution in [3.8, 4) is 6.07 Å². The summed E-state index contributed by atoms with van der Waals surface area (Å²) in [5.41, 5.74) is 6.53. The van der Waals surface area contributed by atoms with Crippen molar-refractivity contribution in [2.45, 2.75) is 20.3 Å². The van der Waals surface area contributed by atoms with E-state index in [0.29, 0.717) is 28.7 Å². The third kappa shape index (κ3) is 4.55. The maximum atomic E-state index is 12.1. The Labute approximate surface area is 118 Å². The van der Waals surface area contributed by atoms with Crippen molar-refractivity contribution in [1.82, 2.24) is 0 Å².